The highest BCUT2D eigenvalue weighted by atomic mass is 32.2. The first-order chi connectivity index (χ1) is 9.66. The van der Waals surface area contributed by atoms with Gasteiger partial charge in [-0.3, -0.25) is 0 Å². The van der Waals surface area contributed by atoms with Gasteiger partial charge in [0.25, 0.3) is 0 Å². The topological polar surface area (TPSA) is 80.8 Å². The summed E-state index contributed by atoms with van der Waals surface area (Å²) >= 11 is 0. The molecule has 1 saturated heterocycles. The molecule has 0 aliphatic carbocycles. The fraction of sp³-hybridized carbons (Fsp3) is 0.538. The van der Waals surface area contributed by atoms with Crippen LogP contribution in [0.1, 0.15) is 12.0 Å². The highest BCUT2D eigenvalue weighted by Gasteiger charge is 2.37. The van der Waals surface area contributed by atoms with Crippen LogP contribution >= 0.6 is 0 Å². The molecular weight excluding hydrogens is 314 g/mol. The Hall–Kier alpha value is -1.12. The largest absolute Gasteiger partial charge is 0.497 e. The van der Waals surface area contributed by atoms with Crippen LogP contribution in [-0.2, 0) is 19.9 Å². The Kier molecular flexibility index (Phi) is 4.32. The Morgan fingerprint density at radius 1 is 1.24 bits per heavy atom. The zero-order valence-electron chi connectivity index (χ0n) is 12.2. The average molecular weight is 333 g/mol. The van der Waals surface area contributed by atoms with E-state index in [1.165, 1.54) is 17.5 Å². The molecule has 1 unspecified atom stereocenters. The van der Waals surface area contributed by atoms with E-state index in [2.05, 4.69) is 0 Å². The summed E-state index contributed by atoms with van der Waals surface area (Å²) in [6.45, 7) is 1.94. The van der Waals surface area contributed by atoms with Crippen LogP contribution in [0.3, 0.4) is 0 Å². The van der Waals surface area contributed by atoms with Crippen molar-refractivity contribution < 1.29 is 21.6 Å². The van der Waals surface area contributed by atoms with E-state index in [0.29, 0.717) is 17.7 Å². The maximum atomic E-state index is 12.6. The van der Waals surface area contributed by atoms with Crippen molar-refractivity contribution in [1.82, 2.24) is 4.31 Å². The molecule has 21 heavy (non-hydrogen) atoms. The quantitative estimate of drug-likeness (QED) is 0.814. The lowest BCUT2D eigenvalue weighted by Crippen LogP contribution is -2.32. The molecule has 0 amide bonds. The Morgan fingerprint density at radius 3 is 2.38 bits per heavy atom. The summed E-state index contributed by atoms with van der Waals surface area (Å²) in [6.07, 6.45) is 1.49. The number of methoxy groups -OCH3 is 1. The van der Waals surface area contributed by atoms with Crippen LogP contribution in [0.5, 0.6) is 5.75 Å². The third kappa shape index (κ3) is 3.22. The summed E-state index contributed by atoms with van der Waals surface area (Å²) in [7, 11) is -5.39. The Morgan fingerprint density at radius 2 is 1.90 bits per heavy atom. The second-order valence-corrected chi connectivity index (χ2v) is 9.47. The molecule has 1 aliphatic heterocycles. The number of sulfone groups is 1. The predicted molar refractivity (Wildman–Crippen MR) is 79.7 cm³/mol. The first-order valence-electron chi connectivity index (χ1n) is 6.50. The van der Waals surface area contributed by atoms with E-state index >= 15 is 0 Å². The number of rotatable bonds is 4. The van der Waals surface area contributed by atoms with E-state index in [1.54, 1.807) is 19.1 Å². The summed E-state index contributed by atoms with van der Waals surface area (Å²) in [5.41, 5.74) is 0.581. The van der Waals surface area contributed by atoms with Gasteiger partial charge in [-0.2, -0.15) is 4.31 Å². The van der Waals surface area contributed by atoms with Crippen LogP contribution in [0.25, 0.3) is 0 Å². The van der Waals surface area contributed by atoms with Gasteiger partial charge in [0.15, 0.2) is 9.84 Å². The van der Waals surface area contributed by atoms with Gasteiger partial charge >= 0.3 is 0 Å². The number of ether oxygens (including phenoxy) is 1. The molecule has 6 nitrogen and oxygen atoms in total. The van der Waals surface area contributed by atoms with Crippen molar-refractivity contribution in [3.63, 3.8) is 0 Å². The Labute approximate surface area is 125 Å². The van der Waals surface area contributed by atoms with Crippen LogP contribution < -0.4 is 4.74 Å². The fourth-order valence-electron chi connectivity index (χ4n) is 2.44. The van der Waals surface area contributed by atoms with Crippen molar-refractivity contribution >= 4 is 19.9 Å². The van der Waals surface area contributed by atoms with Crippen molar-refractivity contribution in [3.8, 4) is 5.75 Å². The molecule has 118 valence electrons. The van der Waals surface area contributed by atoms with Gasteiger partial charge in [0.2, 0.25) is 10.0 Å². The van der Waals surface area contributed by atoms with Crippen LogP contribution in [-0.4, -0.2) is 52.8 Å². The van der Waals surface area contributed by atoms with Crippen molar-refractivity contribution in [3.05, 3.63) is 23.8 Å². The van der Waals surface area contributed by atoms with Crippen molar-refractivity contribution in [2.45, 2.75) is 23.5 Å². The third-order valence-electron chi connectivity index (χ3n) is 3.71. The van der Waals surface area contributed by atoms with E-state index < -0.39 is 25.1 Å². The minimum absolute atomic E-state index is 0.0205. The van der Waals surface area contributed by atoms with E-state index in [0.717, 1.165) is 6.26 Å². The molecule has 0 spiro atoms. The Balaban J connectivity index is 2.32. The summed E-state index contributed by atoms with van der Waals surface area (Å²) in [5, 5.41) is -0.620. The molecule has 1 aromatic rings. The zero-order chi connectivity index (χ0) is 15.8. The molecule has 0 radical (unpaired) electrons. The SMILES string of the molecule is COc1ccc(S(=O)(=O)N2CCC(S(C)(=O)=O)C2)c(C)c1. The third-order valence-corrected chi connectivity index (χ3v) is 7.33. The molecule has 1 fully saturated rings. The van der Waals surface area contributed by atoms with E-state index in [9.17, 15) is 16.8 Å². The van der Waals surface area contributed by atoms with Gasteiger partial charge in [-0.1, -0.05) is 0 Å². The summed E-state index contributed by atoms with van der Waals surface area (Å²) in [5.74, 6) is 0.585. The lowest BCUT2D eigenvalue weighted by Gasteiger charge is -2.18. The molecule has 1 atom stereocenters. The van der Waals surface area contributed by atoms with Crippen LogP contribution in [0.4, 0.5) is 0 Å². The van der Waals surface area contributed by atoms with Crippen LogP contribution in [0.15, 0.2) is 23.1 Å². The predicted octanol–water partition coefficient (Wildman–Crippen LogP) is 0.811. The average Bonchev–Trinajstić information content (AvgIpc) is 2.88. The fourth-order valence-corrected chi connectivity index (χ4v) is 5.23. The van der Waals surface area contributed by atoms with Gasteiger partial charge in [-0.25, -0.2) is 16.8 Å². The first-order valence-corrected chi connectivity index (χ1v) is 9.89. The highest BCUT2D eigenvalue weighted by Crippen LogP contribution is 2.27. The van der Waals surface area contributed by atoms with Crippen LogP contribution in [0.2, 0.25) is 0 Å². The van der Waals surface area contributed by atoms with E-state index in [-0.39, 0.29) is 18.0 Å². The van der Waals surface area contributed by atoms with Gasteiger partial charge in [-0.15, -0.1) is 0 Å². The molecule has 1 heterocycles. The minimum Gasteiger partial charge on any atom is -0.497 e. The van der Waals surface area contributed by atoms with Gasteiger partial charge in [-0.05, 0) is 37.1 Å². The zero-order valence-corrected chi connectivity index (χ0v) is 13.9. The summed E-state index contributed by atoms with van der Waals surface area (Å²) in [4.78, 5) is 0.192. The summed E-state index contributed by atoms with van der Waals surface area (Å²) < 4.78 is 54.7. The van der Waals surface area contributed by atoms with E-state index in [1.807, 2.05) is 0 Å². The number of aryl methyl sites for hydroxylation is 1. The normalized spacial score (nSPS) is 20.6. The summed E-state index contributed by atoms with van der Waals surface area (Å²) in [6, 6.07) is 4.73. The van der Waals surface area contributed by atoms with Gasteiger partial charge < -0.3 is 4.74 Å². The monoisotopic (exact) mass is 333 g/mol. The van der Waals surface area contributed by atoms with Crippen molar-refractivity contribution in [2.75, 3.05) is 26.5 Å². The second kappa shape index (κ2) is 5.58. The van der Waals surface area contributed by atoms with Gasteiger partial charge in [0.05, 0.1) is 17.3 Å². The molecule has 0 N–H and O–H groups in total. The standard InChI is InChI=1S/C13H19NO5S2/c1-10-8-11(19-2)4-5-13(10)21(17,18)14-7-6-12(9-14)20(3,15)16/h4-5,8,12H,6-7,9H2,1-3H3. The molecule has 1 aromatic carbocycles. The van der Waals surface area contributed by atoms with Crippen molar-refractivity contribution in [2.24, 2.45) is 0 Å². The molecule has 8 heteroatoms. The number of hydrogen-bond acceptors (Lipinski definition) is 5. The minimum atomic E-state index is -3.67. The second-order valence-electron chi connectivity index (χ2n) is 5.23. The lowest BCUT2D eigenvalue weighted by molar-refractivity contribution is 0.414. The highest BCUT2D eigenvalue weighted by molar-refractivity contribution is 7.91. The maximum Gasteiger partial charge on any atom is 0.243 e. The number of hydrogen-bond donors (Lipinski definition) is 0. The molecule has 0 saturated carbocycles. The molecule has 2 rings (SSSR count). The number of sulfonamides is 1. The maximum absolute atomic E-state index is 12.6. The van der Waals surface area contributed by atoms with E-state index in [4.69, 9.17) is 4.74 Å². The smallest absolute Gasteiger partial charge is 0.243 e. The van der Waals surface area contributed by atoms with Crippen LogP contribution in [0, 0.1) is 6.92 Å². The molecule has 0 bridgehead atoms. The number of nitrogens with zero attached hydrogens (tertiary/aromatic N) is 1. The number of benzene rings is 1. The molecular formula is C13H19NO5S2. The lowest BCUT2D eigenvalue weighted by atomic mass is 10.2. The van der Waals surface area contributed by atoms with Gasteiger partial charge in [0.1, 0.15) is 5.75 Å². The van der Waals surface area contributed by atoms with Gasteiger partial charge in [0, 0.05) is 19.3 Å². The first kappa shape index (κ1) is 16.3. The van der Waals surface area contributed by atoms with Crippen molar-refractivity contribution in [1.29, 1.82) is 0 Å². The molecule has 0 aromatic heterocycles. The Bertz CT molecular complexity index is 740. The molecule has 1 aliphatic rings.